The highest BCUT2D eigenvalue weighted by Gasteiger charge is 2.28. The van der Waals surface area contributed by atoms with Gasteiger partial charge in [-0.2, -0.15) is 0 Å². The standard InChI is InChI=1S/C14H14N4S/c1-18-12-5-4-9(11-7-19-14(15)17-11)6-10(12)16-13(18)8-2-3-8/h4-8H,2-3H2,1H3,(H2,15,17). The van der Waals surface area contributed by atoms with Crippen LogP contribution in [0.2, 0.25) is 0 Å². The van der Waals surface area contributed by atoms with Gasteiger partial charge in [0.15, 0.2) is 5.13 Å². The third-order valence-electron chi connectivity index (χ3n) is 3.68. The van der Waals surface area contributed by atoms with E-state index in [1.165, 1.54) is 35.5 Å². The molecule has 0 atom stereocenters. The van der Waals surface area contributed by atoms with Crippen LogP contribution in [-0.4, -0.2) is 14.5 Å². The molecule has 1 fully saturated rings. The number of fused-ring (bicyclic) bond motifs is 1. The van der Waals surface area contributed by atoms with Crippen LogP contribution < -0.4 is 5.73 Å². The molecule has 0 radical (unpaired) electrons. The number of nitrogens with two attached hydrogens (primary N) is 1. The van der Waals surface area contributed by atoms with E-state index < -0.39 is 0 Å². The molecule has 19 heavy (non-hydrogen) atoms. The molecular formula is C14H14N4S. The zero-order valence-corrected chi connectivity index (χ0v) is 11.4. The predicted molar refractivity (Wildman–Crippen MR) is 78.2 cm³/mol. The van der Waals surface area contributed by atoms with Crippen LogP contribution in [0.3, 0.4) is 0 Å². The van der Waals surface area contributed by atoms with E-state index in [0.717, 1.165) is 16.8 Å². The lowest BCUT2D eigenvalue weighted by Crippen LogP contribution is -1.94. The van der Waals surface area contributed by atoms with Gasteiger partial charge in [0.2, 0.25) is 0 Å². The average molecular weight is 270 g/mol. The zero-order valence-electron chi connectivity index (χ0n) is 10.6. The number of aryl methyl sites for hydroxylation is 1. The van der Waals surface area contributed by atoms with Crippen molar-refractivity contribution in [3.63, 3.8) is 0 Å². The van der Waals surface area contributed by atoms with Crippen molar-refractivity contribution < 1.29 is 0 Å². The van der Waals surface area contributed by atoms with E-state index in [0.29, 0.717) is 11.0 Å². The topological polar surface area (TPSA) is 56.7 Å². The molecular weight excluding hydrogens is 256 g/mol. The molecule has 3 aromatic rings. The first kappa shape index (κ1) is 11.0. The van der Waals surface area contributed by atoms with Gasteiger partial charge in [0.1, 0.15) is 5.82 Å². The van der Waals surface area contributed by atoms with Gasteiger partial charge in [0.25, 0.3) is 0 Å². The fraction of sp³-hybridized carbons (Fsp3) is 0.286. The highest BCUT2D eigenvalue weighted by molar-refractivity contribution is 7.13. The van der Waals surface area contributed by atoms with Gasteiger partial charge >= 0.3 is 0 Å². The maximum absolute atomic E-state index is 5.69. The Morgan fingerprint density at radius 1 is 1.32 bits per heavy atom. The summed E-state index contributed by atoms with van der Waals surface area (Å²) < 4.78 is 2.21. The van der Waals surface area contributed by atoms with Crippen LogP contribution in [-0.2, 0) is 7.05 Å². The van der Waals surface area contributed by atoms with Crippen LogP contribution >= 0.6 is 11.3 Å². The van der Waals surface area contributed by atoms with Crippen molar-refractivity contribution in [2.75, 3.05) is 5.73 Å². The minimum atomic E-state index is 0.606. The first-order chi connectivity index (χ1) is 9.22. The summed E-state index contributed by atoms with van der Waals surface area (Å²) in [5.74, 6) is 1.88. The average Bonchev–Trinajstić information content (AvgIpc) is 3.08. The SMILES string of the molecule is Cn1c(C2CC2)nc2cc(-c3csc(N)n3)ccc21. The molecule has 2 heterocycles. The lowest BCUT2D eigenvalue weighted by atomic mass is 10.1. The van der Waals surface area contributed by atoms with Crippen LogP contribution in [0.1, 0.15) is 24.6 Å². The van der Waals surface area contributed by atoms with Crippen molar-refractivity contribution in [2.24, 2.45) is 7.05 Å². The van der Waals surface area contributed by atoms with Crippen molar-refractivity contribution >= 4 is 27.5 Å². The summed E-state index contributed by atoms with van der Waals surface area (Å²) in [6.45, 7) is 0. The molecule has 0 spiro atoms. The minimum Gasteiger partial charge on any atom is -0.375 e. The van der Waals surface area contributed by atoms with Gasteiger partial charge in [-0.15, -0.1) is 11.3 Å². The number of hydrogen-bond acceptors (Lipinski definition) is 4. The number of thiazole rings is 1. The van der Waals surface area contributed by atoms with Gasteiger partial charge in [-0.1, -0.05) is 6.07 Å². The van der Waals surface area contributed by atoms with Crippen LogP contribution in [0.5, 0.6) is 0 Å². The molecule has 0 amide bonds. The molecule has 0 saturated heterocycles. The van der Waals surface area contributed by atoms with Crippen LogP contribution in [0.4, 0.5) is 5.13 Å². The van der Waals surface area contributed by atoms with Crippen molar-refractivity contribution in [3.8, 4) is 11.3 Å². The molecule has 4 rings (SSSR count). The fourth-order valence-corrected chi connectivity index (χ4v) is 3.08. The lowest BCUT2D eigenvalue weighted by Gasteiger charge is -2.00. The Balaban J connectivity index is 1.87. The van der Waals surface area contributed by atoms with Crippen molar-refractivity contribution in [1.82, 2.24) is 14.5 Å². The molecule has 2 N–H and O–H groups in total. The molecule has 2 aromatic heterocycles. The van der Waals surface area contributed by atoms with Gasteiger partial charge in [0.05, 0.1) is 16.7 Å². The normalized spacial score (nSPS) is 15.2. The Bertz CT molecular complexity index is 767. The summed E-state index contributed by atoms with van der Waals surface area (Å²) in [6, 6.07) is 6.32. The smallest absolute Gasteiger partial charge is 0.180 e. The van der Waals surface area contributed by atoms with E-state index in [4.69, 9.17) is 10.7 Å². The zero-order chi connectivity index (χ0) is 13.0. The number of anilines is 1. The molecule has 96 valence electrons. The first-order valence-electron chi connectivity index (χ1n) is 6.40. The highest BCUT2D eigenvalue weighted by atomic mass is 32.1. The minimum absolute atomic E-state index is 0.606. The quantitative estimate of drug-likeness (QED) is 0.778. The molecule has 1 aliphatic carbocycles. The fourth-order valence-electron chi connectivity index (χ4n) is 2.50. The van der Waals surface area contributed by atoms with E-state index in [1.807, 2.05) is 5.38 Å². The van der Waals surface area contributed by atoms with Crippen LogP contribution in [0.15, 0.2) is 23.6 Å². The lowest BCUT2D eigenvalue weighted by molar-refractivity contribution is 0.820. The van der Waals surface area contributed by atoms with Crippen LogP contribution in [0.25, 0.3) is 22.3 Å². The summed E-state index contributed by atoms with van der Waals surface area (Å²) in [5, 5.41) is 2.59. The third kappa shape index (κ3) is 1.73. The Kier molecular flexibility index (Phi) is 2.20. The number of aromatic nitrogens is 3. The van der Waals surface area contributed by atoms with E-state index in [2.05, 4.69) is 34.8 Å². The van der Waals surface area contributed by atoms with Gasteiger partial charge in [0, 0.05) is 23.9 Å². The second kappa shape index (κ2) is 3.81. The number of hydrogen-bond donors (Lipinski definition) is 1. The summed E-state index contributed by atoms with van der Waals surface area (Å²) in [4.78, 5) is 9.10. The van der Waals surface area contributed by atoms with Gasteiger partial charge < -0.3 is 10.3 Å². The van der Waals surface area contributed by atoms with E-state index >= 15 is 0 Å². The first-order valence-corrected chi connectivity index (χ1v) is 7.28. The molecule has 1 saturated carbocycles. The Hall–Kier alpha value is -1.88. The van der Waals surface area contributed by atoms with E-state index in [-0.39, 0.29) is 0 Å². The maximum atomic E-state index is 5.69. The number of benzene rings is 1. The highest BCUT2D eigenvalue weighted by Crippen LogP contribution is 2.40. The second-order valence-electron chi connectivity index (χ2n) is 5.08. The number of imidazole rings is 1. The molecule has 0 aliphatic heterocycles. The molecule has 5 heteroatoms. The number of rotatable bonds is 2. The molecule has 0 unspecified atom stereocenters. The summed E-state index contributed by atoms with van der Waals surface area (Å²) in [6.07, 6.45) is 2.54. The summed E-state index contributed by atoms with van der Waals surface area (Å²) in [5.41, 5.74) is 9.95. The molecule has 4 nitrogen and oxygen atoms in total. The summed E-state index contributed by atoms with van der Waals surface area (Å²) in [7, 11) is 2.10. The van der Waals surface area contributed by atoms with Crippen LogP contribution in [0, 0.1) is 0 Å². The van der Waals surface area contributed by atoms with Crippen molar-refractivity contribution in [3.05, 3.63) is 29.4 Å². The molecule has 0 bridgehead atoms. The molecule has 1 aromatic carbocycles. The van der Waals surface area contributed by atoms with Crippen molar-refractivity contribution in [1.29, 1.82) is 0 Å². The van der Waals surface area contributed by atoms with E-state index in [1.54, 1.807) is 0 Å². The Morgan fingerprint density at radius 3 is 2.84 bits per heavy atom. The number of nitrogens with zero attached hydrogens (tertiary/aromatic N) is 3. The monoisotopic (exact) mass is 270 g/mol. The molecule has 1 aliphatic rings. The third-order valence-corrected chi connectivity index (χ3v) is 4.35. The van der Waals surface area contributed by atoms with Gasteiger partial charge in [-0.05, 0) is 25.0 Å². The Morgan fingerprint density at radius 2 is 2.16 bits per heavy atom. The predicted octanol–water partition coefficient (Wildman–Crippen LogP) is 3.16. The maximum Gasteiger partial charge on any atom is 0.180 e. The number of nitrogen functional groups attached to an aromatic ring is 1. The Labute approximate surface area is 114 Å². The van der Waals surface area contributed by atoms with Gasteiger partial charge in [-0.3, -0.25) is 0 Å². The van der Waals surface area contributed by atoms with E-state index in [9.17, 15) is 0 Å². The van der Waals surface area contributed by atoms with Crippen molar-refractivity contribution in [2.45, 2.75) is 18.8 Å². The van der Waals surface area contributed by atoms with Gasteiger partial charge in [-0.25, -0.2) is 9.97 Å². The largest absolute Gasteiger partial charge is 0.375 e. The second-order valence-corrected chi connectivity index (χ2v) is 5.97. The summed E-state index contributed by atoms with van der Waals surface area (Å²) >= 11 is 1.47.